The maximum atomic E-state index is 11.4. The van der Waals surface area contributed by atoms with Gasteiger partial charge in [0.05, 0.1) is 0 Å². The second-order valence-corrected chi connectivity index (χ2v) is 5.63. The van der Waals surface area contributed by atoms with Crippen molar-refractivity contribution >= 4 is 11.8 Å². The Kier molecular flexibility index (Phi) is 4.83. The molecule has 1 aliphatic rings. The fourth-order valence-corrected chi connectivity index (χ4v) is 2.93. The van der Waals surface area contributed by atoms with Crippen LogP contribution in [0.3, 0.4) is 0 Å². The summed E-state index contributed by atoms with van der Waals surface area (Å²) >= 11 is 0. The molecule has 0 radical (unpaired) electrons. The molecule has 3 rings (SSSR count). The summed E-state index contributed by atoms with van der Waals surface area (Å²) in [7, 11) is 0. The molecule has 0 saturated carbocycles. The van der Waals surface area contributed by atoms with Crippen LogP contribution in [0, 0.1) is 0 Å². The van der Waals surface area contributed by atoms with Crippen molar-refractivity contribution in [3.8, 4) is 0 Å². The summed E-state index contributed by atoms with van der Waals surface area (Å²) in [5.74, 6) is -0.583. The topological polar surface area (TPSA) is 78.3 Å². The molecule has 0 aliphatic carbocycles. The van der Waals surface area contributed by atoms with Crippen LogP contribution < -0.4 is 5.32 Å². The number of pyridine rings is 2. The van der Waals surface area contributed by atoms with Crippen molar-refractivity contribution in [2.75, 3.05) is 18.4 Å². The van der Waals surface area contributed by atoms with E-state index in [0.29, 0.717) is 5.82 Å². The lowest BCUT2D eigenvalue weighted by molar-refractivity contribution is 0.0697. The van der Waals surface area contributed by atoms with E-state index in [9.17, 15) is 9.90 Å². The van der Waals surface area contributed by atoms with Gasteiger partial charge in [-0.15, -0.1) is 0 Å². The van der Waals surface area contributed by atoms with Crippen LogP contribution in [0.5, 0.6) is 0 Å². The van der Waals surface area contributed by atoms with Crippen molar-refractivity contribution in [2.24, 2.45) is 0 Å². The van der Waals surface area contributed by atoms with E-state index in [2.05, 4.69) is 20.2 Å². The molecule has 0 spiro atoms. The van der Waals surface area contributed by atoms with Gasteiger partial charge in [-0.1, -0.05) is 6.42 Å². The molecule has 0 amide bonds. The van der Waals surface area contributed by atoms with E-state index in [1.54, 1.807) is 30.7 Å². The van der Waals surface area contributed by atoms with Crippen LogP contribution in [0.1, 0.15) is 41.3 Å². The molecule has 1 atom stereocenters. The fourth-order valence-electron chi connectivity index (χ4n) is 2.93. The third kappa shape index (κ3) is 3.65. The Balaban J connectivity index is 1.91. The zero-order valence-corrected chi connectivity index (χ0v) is 12.9. The number of aromatic carboxylic acids is 1. The Morgan fingerprint density at radius 3 is 2.57 bits per heavy atom. The highest BCUT2D eigenvalue weighted by molar-refractivity contribution is 5.93. The minimum atomic E-state index is -0.979. The first kappa shape index (κ1) is 15.4. The van der Waals surface area contributed by atoms with Gasteiger partial charge in [-0.3, -0.25) is 9.88 Å². The lowest BCUT2D eigenvalue weighted by Crippen LogP contribution is -2.38. The molecule has 1 fully saturated rings. The second kappa shape index (κ2) is 7.19. The van der Waals surface area contributed by atoms with Crippen molar-refractivity contribution in [3.63, 3.8) is 0 Å². The van der Waals surface area contributed by atoms with Gasteiger partial charge in [0.15, 0.2) is 0 Å². The van der Waals surface area contributed by atoms with Gasteiger partial charge in [0.2, 0.25) is 0 Å². The van der Waals surface area contributed by atoms with Crippen LogP contribution in [0.25, 0.3) is 0 Å². The van der Waals surface area contributed by atoms with E-state index >= 15 is 0 Å². The van der Waals surface area contributed by atoms with Crippen molar-refractivity contribution in [1.82, 2.24) is 14.9 Å². The van der Waals surface area contributed by atoms with Crippen LogP contribution in [-0.4, -0.2) is 39.0 Å². The zero-order chi connectivity index (χ0) is 16.1. The maximum Gasteiger partial charge on any atom is 0.339 e. The molecule has 3 heterocycles. The molecule has 0 aromatic carbocycles. The van der Waals surface area contributed by atoms with Gasteiger partial charge in [-0.25, -0.2) is 9.78 Å². The Labute approximate surface area is 135 Å². The molecule has 2 aromatic heterocycles. The van der Waals surface area contributed by atoms with Gasteiger partial charge in [0, 0.05) is 31.7 Å². The second-order valence-electron chi connectivity index (χ2n) is 5.63. The number of hydrogen-bond acceptors (Lipinski definition) is 5. The van der Waals surface area contributed by atoms with Gasteiger partial charge >= 0.3 is 5.97 Å². The van der Waals surface area contributed by atoms with Gasteiger partial charge in [0.1, 0.15) is 17.5 Å². The summed E-state index contributed by atoms with van der Waals surface area (Å²) in [5, 5.41) is 12.7. The monoisotopic (exact) mass is 312 g/mol. The molecule has 0 bridgehead atoms. The lowest BCUT2D eigenvalue weighted by atomic mass is 10.1. The molecule has 6 nitrogen and oxygen atoms in total. The average molecular weight is 312 g/mol. The summed E-state index contributed by atoms with van der Waals surface area (Å²) in [5.41, 5.74) is 1.24. The lowest BCUT2D eigenvalue weighted by Gasteiger charge is -2.35. The molecule has 1 aliphatic heterocycles. The third-order valence-corrected chi connectivity index (χ3v) is 4.09. The van der Waals surface area contributed by atoms with E-state index < -0.39 is 5.97 Å². The van der Waals surface area contributed by atoms with Gasteiger partial charge in [-0.2, -0.15) is 0 Å². The SMILES string of the molecule is O=C(O)c1cccnc1NC(c1ccncc1)N1CCCCC1. The average Bonchev–Trinajstić information content (AvgIpc) is 2.61. The number of carbonyl (C=O) groups is 1. The van der Waals surface area contributed by atoms with Gasteiger partial charge in [-0.05, 0) is 42.7 Å². The van der Waals surface area contributed by atoms with Crippen LogP contribution in [0.15, 0.2) is 42.9 Å². The number of rotatable bonds is 5. The van der Waals surface area contributed by atoms with Crippen molar-refractivity contribution in [3.05, 3.63) is 54.0 Å². The maximum absolute atomic E-state index is 11.4. The summed E-state index contributed by atoms with van der Waals surface area (Å²) < 4.78 is 0. The van der Waals surface area contributed by atoms with Gasteiger partial charge in [0.25, 0.3) is 0 Å². The van der Waals surface area contributed by atoms with Crippen molar-refractivity contribution in [2.45, 2.75) is 25.4 Å². The summed E-state index contributed by atoms with van der Waals surface area (Å²) in [6.45, 7) is 1.96. The predicted molar refractivity (Wildman–Crippen MR) is 87.2 cm³/mol. The van der Waals surface area contributed by atoms with Crippen LogP contribution >= 0.6 is 0 Å². The van der Waals surface area contributed by atoms with Crippen molar-refractivity contribution in [1.29, 1.82) is 0 Å². The van der Waals surface area contributed by atoms with E-state index in [1.165, 1.54) is 6.42 Å². The molecular weight excluding hydrogens is 292 g/mol. The number of carboxylic acids is 1. The van der Waals surface area contributed by atoms with E-state index in [0.717, 1.165) is 31.5 Å². The van der Waals surface area contributed by atoms with Crippen LogP contribution in [0.2, 0.25) is 0 Å². The minimum absolute atomic E-state index is 0.105. The zero-order valence-electron chi connectivity index (χ0n) is 12.9. The van der Waals surface area contributed by atoms with Crippen LogP contribution in [-0.2, 0) is 0 Å². The smallest absolute Gasteiger partial charge is 0.339 e. The first-order valence-corrected chi connectivity index (χ1v) is 7.84. The van der Waals surface area contributed by atoms with Crippen LogP contribution in [0.4, 0.5) is 5.82 Å². The highest BCUT2D eigenvalue weighted by Gasteiger charge is 2.24. The molecular formula is C17H20N4O2. The molecule has 120 valence electrons. The Morgan fingerprint density at radius 2 is 1.87 bits per heavy atom. The molecule has 1 unspecified atom stereocenters. The summed E-state index contributed by atoms with van der Waals surface area (Å²) in [4.78, 5) is 22.0. The number of aromatic nitrogens is 2. The van der Waals surface area contributed by atoms with Gasteiger partial charge < -0.3 is 10.4 Å². The summed E-state index contributed by atoms with van der Waals surface area (Å²) in [6, 6.07) is 7.11. The molecule has 2 aromatic rings. The number of nitrogens with zero attached hydrogens (tertiary/aromatic N) is 3. The third-order valence-electron chi connectivity index (χ3n) is 4.09. The van der Waals surface area contributed by atoms with E-state index in [4.69, 9.17) is 0 Å². The Hall–Kier alpha value is -2.47. The first-order chi connectivity index (χ1) is 11.3. The number of nitrogens with one attached hydrogen (secondary N) is 1. The van der Waals surface area contributed by atoms with E-state index in [1.807, 2.05) is 12.1 Å². The predicted octanol–water partition coefficient (Wildman–Crippen LogP) is 2.77. The first-order valence-electron chi connectivity index (χ1n) is 7.84. The molecule has 2 N–H and O–H groups in total. The molecule has 6 heteroatoms. The number of likely N-dealkylation sites (tertiary alicyclic amines) is 1. The van der Waals surface area contributed by atoms with E-state index in [-0.39, 0.29) is 11.7 Å². The minimum Gasteiger partial charge on any atom is -0.478 e. The normalized spacial score (nSPS) is 16.7. The highest BCUT2D eigenvalue weighted by Crippen LogP contribution is 2.26. The Bertz CT molecular complexity index is 657. The number of hydrogen-bond donors (Lipinski definition) is 2. The molecule has 23 heavy (non-hydrogen) atoms. The number of piperidine rings is 1. The summed E-state index contributed by atoms with van der Waals surface area (Å²) in [6.07, 6.45) is 8.55. The van der Waals surface area contributed by atoms with Crippen molar-refractivity contribution < 1.29 is 9.90 Å². The fraction of sp³-hybridized carbons (Fsp3) is 0.353. The number of anilines is 1. The quantitative estimate of drug-likeness (QED) is 0.884. The largest absolute Gasteiger partial charge is 0.478 e. The highest BCUT2D eigenvalue weighted by atomic mass is 16.4. The standard InChI is InChI=1S/C17H20N4O2/c22-17(23)14-5-4-8-19-15(14)20-16(13-6-9-18-10-7-13)21-11-2-1-3-12-21/h4-10,16H,1-3,11-12H2,(H,19,20)(H,22,23). The Morgan fingerprint density at radius 1 is 1.13 bits per heavy atom. The molecule has 1 saturated heterocycles. The number of carboxylic acid groups (broad SMARTS) is 1.